The van der Waals surface area contributed by atoms with Gasteiger partial charge in [0, 0.05) is 27.1 Å². The summed E-state index contributed by atoms with van der Waals surface area (Å²) in [5.41, 5.74) is 3.78. The Kier molecular flexibility index (Phi) is 4.30. The van der Waals surface area contributed by atoms with Crippen LogP contribution in [-0.2, 0) is 6.42 Å². The maximum Gasteiger partial charge on any atom is 0.197 e. The fraction of sp³-hybridized carbons (Fsp3) is 0.0714. The third-order valence-electron chi connectivity index (χ3n) is 6.16. The second kappa shape index (κ2) is 7.35. The molecule has 0 aliphatic rings. The molecular weight excluding hydrogens is 412 g/mol. The first-order valence-electron chi connectivity index (χ1n) is 10.9. The van der Waals surface area contributed by atoms with E-state index in [1.165, 1.54) is 5.56 Å². The lowest BCUT2D eigenvalue weighted by Crippen LogP contribution is -2.08. The molecule has 160 valence electrons. The number of para-hydroxylation sites is 1. The minimum Gasteiger partial charge on any atom is -0.457 e. The molecule has 0 amide bonds. The van der Waals surface area contributed by atoms with Crippen LogP contribution in [0.4, 0.5) is 0 Å². The van der Waals surface area contributed by atoms with Gasteiger partial charge < -0.3 is 14.7 Å². The van der Waals surface area contributed by atoms with Crippen LogP contribution in [0.3, 0.4) is 0 Å². The van der Waals surface area contributed by atoms with Gasteiger partial charge in [-0.2, -0.15) is 0 Å². The highest BCUT2D eigenvalue weighted by atomic mass is 16.5. The van der Waals surface area contributed by atoms with Crippen molar-refractivity contribution in [2.45, 2.75) is 13.3 Å². The molecule has 0 unspecified atom stereocenters. The SMILES string of the molecule is CCc1ccc(Oc2ccc3[nH]c4cc5c(=O)c6ccccc6[nH]c5cc4c(=O)c3c2)cc1. The number of nitrogens with one attached hydrogen (secondary N) is 2. The Morgan fingerprint density at radius 2 is 1.18 bits per heavy atom. The largest absolute Gasteiger partial charge is 0.457 e. The van der Waals surface area contributed by atoms with Crippen molar-refractivity contribution in [1.82, 2.24) is 9.97 Å². The molecular formula is C28H20N2O3. The van der Waals surface area contributed by atoms with E-state index in [2.05, 4.69) is 16.9 Å². The second-order valence-corrected chi connectivity index (χ2v) is 8.20. The Labute approximate surface area is 188 Å². The van der Waals surface area contributed by atoms with E-state index in [-0.39, 0.29) is 10.9 Å². The number of H-pyrrole nitrogens is 2. The number of fused-ring (bicyclic) bond motifs is 4. The number of aryl methyl sites for hydroxylation is 1. The average Bonchev–Trinajstić information content (AvgIpc) is 2.85. The van der Waals surface area contributed by atoms with Gasteiger partial charge in [-0.25, -0.2) is 0 Å². The molecule has 0 radical (unpaired) electrons. The highest BCUT2D eigenvalue weighted by molar-refractivity contribution is 6.02. The third kappa shape index (κ3) is 3.17. The first-order chi connectivity index (χ1) is 16.1. The molecule has 4 aromatic carbocycles. The summed E-state index contributed by atoms with van der Waals surface area (Å²) in [5.74, 6) is 1.32. The van der Waals surface area contributed by atoms with Crippen LogP contribution >= 0.6 is 0 Å². The van der Waals surface area contributed by atoms with Gasteiger partial charge >= 0.3 is 0 Å². The fourth-order valence-electron chi connectivity index (χ4n) is 4.37. The number of hydrogen-bond donors (Lipinski definition) is 2. The number of rotatable bonds is 3. The van der Waals surface area contributed by atoms with Crippen LogP contribution < -0.4 is 15.6 Å². The van der Waals surface area contributed by atoms with Gasteiger partial charge in [-0.05, 0) is 66.6 Å². The molecule has 2 aromatic heterocycles. The van der Waals surface area contributed by atoms with Crippen molar-refractivity contribution < 1.29 is 4.74 Å². The maximum atomic E-state index is 13.4. The van der Waals surface area contributed by atoms with E-state index in [9.17, 15) is 9.59 Å². The number of aromatic amines is 2. The zero-order valence-corrected chi connectivity index (χ0v) is 17.9. The number of pyridine rings is 2. The third-order valence-corrected chi connectivity index (χ3v) is 6.16. The van der Waals surface area contributed by atoms with E-state index in [1.807, 2.05) is 54.6 Å². The molecule has 0 saturated heterocycles. The lowest BCUT2D eigenvalue weighted by molar-refractivity contribution is 0.483. The van der Waals surface area contributed by atoms with Crippen LogP contribution in [0.25, 0.3) is 43.6 Å². The van der Waals surface area contributed by atoms with Crippen LogP contribution in [0.2, 0.25) is 0 Å². The van der Waals surface area contributed by atoms with Crippen molar-refractivity contribution >= 4 is 43.6 Å². The molecule has 0 atom stereocenters. The van der Waals surface area contributed by atoms with Crippen molar-refractivity contribution in [2.75, 3.05) is 0 Å². The Morgan fingerprint density at radius 1 is 0.606 bits per heavy atom. The smallest absolute Gasteiger partial charge is 0.197 e. The summed E-state index contributed by atoms with van der Waals surface area (Å²) >= 11 is 0. The van der Waals surface area contributed by atoms with E-state index < -0.39 is 0 Å². The summed E-state index contributed by atoms with van der Waals surface area (Å²) in [4.78, 5) is 33.0. The predicted molar refractivity (Wildman–Crippen MR) is 134 cm³/mol. The number of ether oxygens (including phenoxy) is 1. The molecule has 6 aromatic rings. The van der Waals surface area contributed by atoms with Crippen LogP contribution in [0.5, 0.6) is 11.5 Å². The molecule has 0 aliphatic heterocycles. The lowest BCUT2D eigenvalue weighted by Gasteiger charge is -2.09. The van der Waals surface area contributed by atoms with Crippen molar-refractivity contribution in [3.63, 3.8) is 0 Å². The molecule has 0 aliphatic carbocycles. The topological polar surface area (TPSA) is 75.0 Å². The van der Waals surface area contributed by atoms with Crippen LogP contribution in [0, 0.1) is 0 Å². The Morgan fingerprint density at radius 3 is 1.88 bits per heavy atom. The van der Waals surface area contributed by atoms with E-state index in [4.69, 9.17) is 4.74 Å². The zero-order valence-electron chi connectivity index (χ0n) is 17.9. The van der Waals surface area contributed by atoms with Crippen LogP contribution in [0.15, 0.2) is 88.5 Å². The summed E-state index contributed by atoms with van der Waals surface area (Å²) < 4.78 is 5.99. The van der Waals surface area contributed by atoms with Crippen LogP contribution in [0.1, 0.15) is 12.5 Å². The molecule has 5 heteroatoms. The summed E-state index contributed by atoms with van der Waals surface area (Å²) in [6, 6.07) is 24.3. The highest BCUT2D eigenvalue weighted by Crippen LogP contribution is 2.26. The maximum absolute atomic E-state index is 13.4. The van der Waals surface area contributed by atoms with Gasteiger partial charge in [0.15, 0.2) is 10.9 Å². The van der Waals surface area contributed by atoms with Gasteiger partial charge in [0.1, 0.15) is 11.5 Å². The molecule has 0 fully saturated rings. The quantitative estimate of drug-likeness (QED) is 0.335. The first kappa shape index (κ1) is 19.3. The predicted octanol–water partition coefficient (Wildman–Crippen LogP) is 6.03. The van der Waals surface area contributed by atoms with E-state index in [0.717, 1.165) is 17.7 Å². The Bertz CT molecular complexity index is 1810. The van der Waals surface area contributed by atoms with Crippen molar-refractivity contribution in [2.24, 2.45) is 0 Å². The van der Waals surface area contributed by atoms with Crippen molar-refractivity contribution in [3.8, 4) is 11.5 Å². The fourth-order valence-corrected chi connectivity index (χ4v) is 4.37. The zero-order chi connectivity index (χ0) is 22.5. The minimum absolute atomic E-state index is 0.0555. The van der Waals surface area contributed by atoms with Gasteiger partial charge in [0.2, 0.25) is 0 Å². The van der Waals surface area contributed by atoms with E-state index in [0.29, 0.717) is 43.8 Å². The lowest BCUT2D eigenvalue weighted by atomic mass is 10.1. The molecule has 2 heterocycles. The Hall–Kier alpha value is -4.38. The summed E-state index contributed by atoms with van der Waals surface area (Å²) in [5, 5.41) is 2.23. The van der Waals surface area contributed by atoms with Crippen molar-refractivity contribution in [3.05, 3.63) is 105 Å². The second-order valence-electron chi connectivity index (χ2n) is 8.20. The van der Waals surface area contributed by atoms with Gasteiger partial charge in [-0.15, -0.1) is 0 Å². The molecule has 0 spiro atoms. The van der Waals surface area contributed by atoms with Crippen LogP contribution in [-0.4, -0.2) is 9.97 Å². The summed E-state index contributed by atoms with van der Waals surface area (Å²) in [6.07, 6.45) is 0.967. The summed E-state index contributed by atoms with van der Waals surface area (Å²) in [6.45, 7) is 2.11. The number of hydrogen-bond acceptors (Lipinski definition) is 3. The molecule has 0 saturated carbocycles. The van der Waals surface area contributed by atoms with Gasteiger partial charge in [0.25, 0.3) is 0 Å². The number of aromatic nitrogens is 2. The molecule has 5 nitrogen and oxygen atoms in total. The molecule has 2 N–H and O–H groups in total. The van der Waals surface area contributed by atoms with E-state index in [1.54, 1.807) is 24.3 Å². The molecule has 0 bridgehead atoms. The Balaban J connectivity index is 1.53. The average molecular weight is 432 g/mol. The first-order valence-corrected chi connectivity index (χ1v) is 10.9. The molecule has 33 heavy (non-hydrogen) atoms. The van der Waals surface area contributed by atoms with Gasteiger partial charge in [-0.3, -0.25) is 9.59 Å². The monoisotopic (exact) mass is 432 g/mol. The highest BCUT2D eigenvalue weighted by Gasteiger charge is 2.12. The van der Waals surface area contributed by atoms with Gasteiger partial charge in [0.05, 0.1) is 16.6 Å². The summed E-state index contributed by atoms with van der Waals surface area (Å²) in [7, 11) is 0. The normalized spacial score (nSPS) is 11.5. The number of benzene rings is 4. The standard InChI is InChI=1S/C28H20N2O3/c1-2-16-7-9-17(10-8-16)33-18-11-12-24-20(13-18)28(32)22-15-25-21(14-26(22)30-24)27(31)19-5-3-4-6-23(19)29-25/h3-15H,2H2,1H3,(H,29,31)(H,30,32). The van der Waals surface area contributed by atoms with E-state index >= 15 is 0 Å². The van der Waals surface area contributed by atoms with Crippen molar-refractivity contribution in [1.29, 1.82) is 0 Å². The van der Waals surface area contributed by atoms with Gasteiger partial charge in [-0.1, -0.05) is 31.2 Å². The molecule has 6 rings (SSSR count). The minimum atomic E-state index is -0.110.